The summed E-state index contributed by atoms with van der Waals surface area (Å²) in [5.41, 5.74) is 2.82. The molecule has 1 amide bonds. The molecule has 0 saturated carbocycles. The number of nitrogens with zero attached hydrogens (tertiary/aromatic N) is 3. The van der Waals surface area contributed by atoms with E-state index in [2.05, 4.69) is 17.2 Å². The molecule has 0 aliphatic heterocycles. The zero-order valence-electron chi connectivity index (χ0n) is 11.0. The zero-order chi connectivity index (χ0) is 14.3. The van der Waals surface area contributed by atoms with E-state index in [0.717, 1.165) is 29.5 Å². The van der Waals surface area contributed by atoms with Crippen LogP contribution in [0.5, 0.6) is 0 Å². The van der Waals surface area contributed by atoms with Gasteiger partial charge in [0.15, 0.2) is 4.83 Å². The second-order valence-electron chi connectivity index (χ2n) is 5.15. The summed E-state index contributed by atoms with van der Waals surface area (Å²) in [5.74, 6) is 5.19. The maximum atomic E-state index is 12.4. The molecular formula is C12H15N5O2S. The zero-order valence-corrected chi connectivity index (χ0v) is 11.9. The number of carbonyl (C=O) groups excluding carboxylic acids is 1. The molecule has 1 atom stereocenters. The van der Waals surface area contributed by atoms with Crippen molar-refractivity contribution in [3.63, 3.8) is 0 Å². The van der Waals surface area contributed by atoms with Gasteiger partial charge in [0, 0.05) is 4.88 Å². The highest BCUT2D eigenvalue weighted by Crippen LogP contribution is 2.35. The van der Waals surface area contributed by atoms with Crippen LogP contribution in [-0.2, 0) is 24.2 Å². The van der Waals surface area contributed by atoms with E-state index in [-0.39, 0.29) is 12.1 Å². The number of hydrogen-bond acceptors (Lipinski definition) is 6. The summed E-state index contributed by atoms with van der Waals surface area (Å²) in [7, 11) is 0. The van der Waals surface area contributed by atoms with Crippen LogP contribution < -0.4 is 16.8 Å². The highest BCUT2D eigenvalue weighted by molar-refractivity contribution is 7.18. The molecule has 0 saturated heterocycles. The van der Waals surface area contributed by atoms with E-state index in [9.17, 15) is 9.59 Å². The van der Waals surface area contributed by atoms with Gasteiger partial charge in [-0.2, -0.15) is 0 Å². The molecule has 0 unspecified atom stereocenters. The third-order valence-electron chi connectivity index (χ3n) is 3.64. The summed E-state index contributed by atoms with van der Waals surface area (Å²) in [5, 5.41) is 8.50. The van der Waals surface area contributed by atoms with Crippen molar-refractivity contribution < 1.29 is 4.79 Å². The largest absolute Gasteiger partial charge is 0.293 e. The summed E-state index contributed by atoms with van der Waals surface area (Å²) in [6, 6.07) is 0. The molecule has 2 aromatic rings. The third kappa shape index (κ3) is 2.10. The summed E-state index contributed by atoms with van der Waals surface area (Å²) < 4.78 is 1.07. The molecular weight excluding hydrogens is 278 g/mol. The van der Waals surface area contributed by atoms with Gasteiger partial charge >= 0.3 is 0 Å². The van der Waals surface area contributed by atoms with Gasteiger partial charge in [0.25, 0.3) is 11.5 Å². The van der Waals surface area contributed by atoms with Gasteiger partial charge in [-0.05, 0) is 30.7 Å². The Hall–Kier alpha value is -1.80. The molecule has 20 heavy (non-hydrogen) atoms. The van der Waals surface area contributed by atoms with Gasteiger partial charge in [0.05, 0.1) is 5.39 Å². The molecule has 0 bridgehead atoms. The van der Waals surface area contributed by atoms with Crippen molar-refractivity contribution in [2.45, 2.75) is 32.7 Å². The molecule has 2 aromatic heterocycles. The average Bonchev–Trinajstić information content (AvgIpc) is 2.79. The number of amides is 1. The molecule has 106 valence electrons. The van der Waals surface area contributed by atoms with Crippen LogP contribution in [0.15, 0.2) is 4.79 Å². The van der Waals surface area contributed by atoms with E-state index >= 15 is 0 Å². The fraction of sp³-hybridized carbons (Fsp3) is 0.500. The summed E-state index contributed by atoms with van der Waals surface area (Å²) >= 11 is 1.54. The van der Waals surface area contributed by atoms with Crippen molar-refractivity contribution in [2.75, 3.05) is 0 Å². The van der Waals surface area contributed by atoms with Crippen molar-refractivity contribution in [2.24, 2.45) is 11.8 Å². The predicted molar refractivity (Wildman–Crippen MR) is 75.2 cm³/mol. The lowest BCUT2D eigenvalue weighted by atomic mass is 9.89. The van der Waals surface area contributed by atoms with Crippen molar-refractivity contribution in [1.82, 2.24) is 20.4 Å². The molecule has 1 aliphatic carbocycles. The van der Waals surface area contributed by atoms with Crippen molar-refractivity contribution in [3.05, 3.63) is 20.8 Å². The first-order chi connectivity index (χ1) is 9.60. The number of thiophene rings is 1. The molecule has 0 aromatic carbocycles. The first-order valence-corrected chi connectivity index (χ1v) is 7.29. The highest BCUT2D eigenvalue weighted by Gasteiger charge is 2.23. The van der Waals surface area contributed by atoms with Gasteiger partial charge in [-0.1, -0.05) is 12.1 Å². The topological polar surface area (TPSA) is 103 Å². The first kappa shape index (κ1) is 13.2. The summed E-state index contributed by atoms with van der Waals surface area (Å²) in [6.07, 6.45) is 2.95. The molecule has 3 rings (SSSR count). The smallest absolute Gasteiger partial charge is 0.279 e. The number of aromatic nitrogens is 3. The van der Waals surface area contributed by atoms with Crippen LogP contribution in [0.25, 0.3) is 10.2 Å². The minimum Gasteiger partial charge on any atom is -0.293 e. The minimum absolute atomic E-state index is 0.209. The van der Waals surface area contributed by atoms with Crippen LogP contribution in [0.3, 0.4) is 0 Å². The van der Waals surface area contributed by atoms with Crippen LogP contribution in [0, 0.1) is 5.92 Å². The highest BCUT2D eigenvalue weighted by atomic mass is 32.1. The quantitative estimate of drug-likeness (QED) is 0.460. The molecule has 3 N–H and O–H groups in total. The number of hydrogen-bond donors (Lipinski definition) is 2. The fourth-order valence-corrected chi connectivity index (χ4v) is 3.90. The van der Waals surface area contributed by atoms with Gasteiger partial charge in [-0.15, -0.1) is 16.4 Å². The third-order valence-corrected chi connectivity index (χ3v) is 4.78. The molecule has 0 radical (unpaired) electrons. The van der Waals surface area contributed by atoms with Gasteiger partial charge in [-0.3, -0.25) is 15.0 Å². The Labute approximate surface area is 118 Å². The molecule has 7 nitrogen and oxygen atoms in total. The van der Waals surface area contributed by atoms with Crippen LogP contribution in [0.2, 0.25) is 0 Å². The number of aryl methyl sites for hydroxylation is 1. The van der Waals surface area contributed by atoms with E-state index in [4.69, 9.17) is 5.84 Å². The Morgan fingerprint density at radius 3 is 3.15 bits per heavy atom. The van der Waals surface area contributed by atoms with E-state index < -0.39 is 5.91 Å². The second kappa shape index (κ2) is 4.95. The Morgan fingerprint density at radius 1 is 1.60 bits per heavy atom. The van der Waals surface area contributed by atoms with Gasteiger partial charge in [0.1, 0.15) is 6.54 Å². The normalized spacial score (nSPS) is 18.0. The summed E-state index contributed by atoms with van der Waals surface area (Å²) in [4.78, 5) is 25.6. The second-order valence-corrected chi connectivity index (χ2v) is 6.24. The molecule has 8 heteroatoms. The average molecular weight is 293 g/mol. The number of carbonyl (C=O) groups is 1. The number of nitrogens with two attached hydrogens (primary N) is 1. The van der Waals surface area contributed by atoms with Crippen LogP contribution in [-0.4, -0.2) is 20.9 Å². The molecule has 0 spiro atoms. The van der Waals surface area contributed by atoms with E-state index in [0.29, 0.717) is 16.1 Å². The van der Waals surface area contributed by atoms with Crippen LogP contribution in [0.1, 0.15) is 23.8 Å². The van der Waals surface area contributed by atoms with E-state index in [1.807, 2.05) is 5.43 Å². The lowest BCUT2D eigenvalue weighted by Crippen LogP contribution is -2.37. The lowest BCUT2D eigenvalue weighted by Gasteiger charge is -2.17. The van der Waals surface area contributed by atoms with Gasteiger partial charge in [0.2, 0.25) is 0 Å². The van der Waals surface area contributed by atoms with Crippen molar-refractivity contribution in [3.8, 4) is 0 Å². The predicted octanol–water partition coefficient (Wildman–Crippen LogP) is -0.0323. The SMILES string of the molecule is C[C@H]1CCc2c(sc3nnn(CC(=O)NN)c(=O)c23)C1. The minimum atomic E-state index is -0.474. The molecule has 0 fully saturated rings. The van der Waals surface area contributed by atoms with Crippen molar-refractivity contribution in [1.29, 1.82) is 0 Å². The maximum Gasteiger partial charge on any atom is 0.279 e. The lowest BCUT2D eigenvalue weighted by molar-refractivity contribution is -0.122. The van der Waals surface area contributed by atoms with E-state index in [1.165, 1.54) is 16.2 Å². The van der Waals surface area contributed by atoms with Gasteiger partial charge < -0.3 is 0 Å². The molecule has 1 aliphatic rings. The number of nitrogens with one attached hydrogen (secondary N) is 1. The van der Waals surface area contributed by atoms with Gasteiger partial charge in [-0.25, -0.2) is 10.5 Å². The summed E-state index contributed by atoms with van der Waals surface area (Å²) in [6.45, 7) is 2.00. The van der Waals surface area contributed by atoms with E-state index in [1.54, 1.807) is 0 Å². The first-order valence-electron chi connectivity index (χ1n) is 6.47. The maximum absolute atomic E-state index is 12.4. The van der Waals surface area contributed by atoms with Crippen molar-refractivity contribution >= 4 is 27.5 Å². The monoisotopic (exact) mass is 293 g/mol. The Balaban J connectivity index is 2.13. The number of rotatable bonds is 2. The standard InChI is InChI=1S/C12H15N5O2S/c1-6-2-3-7-8(4-6)20-11-10(7)12(19)17(16-15-11)5-9(18)14-13/h6H,2-5,13H2,1H3,(H,14,18)/t6-/m0/s1. The number of hydrazine groups is 1. The number of fused-ring (bicyclic) bond motifs is 3. The fourth-order valence-electron chi connectivity index (χ4n) is 2.58. The Bertz CT molecular complexity index is 735. The molecule has 2 heterocycles. The van der Waals surface area contributed by atoms with Crippen LogP contribution in [0.4, 0.5) is 0 Å². The Morgan fingerprint density at radius 2 is 2.40 bits per heavy atom. The van der Waals surface area contributed by atoms with Crippen LogP contribution >= 0.6 is 11.3 Å². The Kier molecular flexibility index (Phi) is 3.27.